The molecule has 1 aromatic carbocycles. The number of aromatic carboxylic acids is 1. The van der Waals surface area contributed by atoms with Crippen molar-refractivity contribution < 1.29 is 9.90 Å². The molecular weight excluding hydrogens is 254 g/mol. The maximum Gasteiger partial charge on any atom is 0.357 e. The van der Waals surface area contributed by atoms with E-state index in [0.717, 1.165) is 16.7 Å². The standard InChI is InChI=1S/C15H13N3O2/c1-9-3-5-10(6-4-9)11-7-8-16-14-12(11)13(15(19)20)17-18(14)2/h3-8H,1-2H3,(H,19,20). The minimum Gasteiger partial charge on any atom is -0.476 e. The summed E-state index contributed by atoms with van der Waals surface area (Å²) in [6.07, 6.45) is 1.67. The molecule has 0 aliphatic heterocycles. The maximum absolute atomic E-state index is 11.4. The van der Waals surface area contributed by atoms with E-state index in [9.17, 15) is 9.90 Å². The first-order chi connectivity index (χ1) is 9.58. The summed E-state index contributed by atoms with van der Waals surface area (Å²) in [5.41, 5.74) is 3.55. The minimum absolute atomic E-state index is 0.0335. The lowest BCUT2D eigenvalue weighted by atomic mass is 10.0. The van der Waals surface area contributed by atoms with Crippen LogP contribution in [0.2, 0.25) is 0 Å². The highest BCUT2D eigenvalue weighted by atomic mass is 16.4. The predicted molar refractivity (Wildman–Crippen MR) is 75.6 cm³/mol. The molecule has 3 aromatic rings. The lowest BCUT2D eigenvalue weighted by Crippen LogP contribution is -1.99. The van der Waals surface area contributed by atoms with Gasteiger partial charge in [-0.1, -0.05) is 29.8 Å². The number of nitrogens with zero attached hydrogens (tertiary/aromatic N) is 3. The molecule has 1 N–H and O–H groups in total. The highest BCUT2D eigenvalue weighted by Gasteiger charge is 2.19. The number of carbonyl (C=O) groups is 1. The van der Waals surface area contributed by atoms with Gasteiger partial charge in [-0.3, -0.25) is 0 Å². The Morgan fingerprint density at radius 3 is 2.55 bits per heavy atom. The van der Waals surface area contributed by atoms with Gasteiger partial charge in [0.15, 0.2) is 11.3 Å². The molecule has 0 fully saturated rings. The number of hydrogen-bond donors (Lipinski definition) is 1. The Morgan fingerprint density at radius 2 is 1.90 bits per heavy atom. The first kappa shape index (κ1) is 12.3. The van der Waals surface area contributed by atoms with Crippen molar-refractivity contribution in [2.45, 2.75) is 6.92 Å². The van der Waals surface area contributed by atoms with E-state index in [0.29, 0.717) is 11.0 Å². The number of carboxylic acid groups (broad SMARTS) is 1. The van der Waals surface area contributed by atoms with Crippen molar-refractivity contribution in [3.05, 3.63) is 47.8 Å². The van der Waals surface area contributed by atoms with Crippen molar-refractivity contribution >= 4 is 17.0 Å². The summed E-state index contributed by atoms with van der Waals surface area (Å²) in [5, 5.41) is 13.9. The van der Waals surface area contributed by atoms with Gasteiger partial charge < -0.3 is 5.11 Å². The normalized spacial score (nSPS) is 10.9. The third-order valence-electron chi connectivity index (χ3n) is 3.29. The van der Waals surface area contributed by atoms with Crippen LogP contribution in [0.4, 0.5) is 0 Å². The molecule has 20 heavy (non-hydrogen) atoms. The van der Waals surface area contributed by atoms with Crippen molar-refractivity contribution in [1.82, 2.24) is 14.8 Å². The second-order valence-corrected chi connectivity index (χ2v) is 4.70. The first-order valence-corrected chi connectivity index (χ1v) is 6.20. The van der Waals surface area contributed by atoms with Crippen LogP contribution < -0.4 is 0 Å². The van der Waals surface area contributed by atoms with Gasteiger partial charge in [-0.05, 0) is 24.1 Å². The lowest BCUT2D eigenvalue weighted by Gasteiger charge is -2.04. The van der Waals surface area contributed by atoms with Crippen LogP contribution in [0.5, 0.6) is 0 Å². The van der Waals surface area contributed by atoms with E-state index < -0.39 is 5.97 Å². The number of fused-ring (bicyclic) bond motifs is 1. The molecule has 0 aliphatic rings. The van der Waals surface area contributed by atoms with E-state index in [4.69, 9.17) is 0 Å². The molecule has 0 saturated heterocycles. The van der Waals surface area contributed by atoms with Gasteiger partial charge in [-0.25, -0.2) is 14.5 Å². The SMILES string of the molecule is Cc1ccc(-c2ccnc3c2c(C(=O)O)nn3C)cc1. The number of pyridine rings is 1. The molecule has 0 aliphatic carbocycles. The second kappa shape index (κ2) is 4.45. The smallest absolute Gasteiger partial charge is 0.357 e. The van der Waals surface area contributed by atoms with Crippen molar-refractivity contribution in [2.75, 3.05) is 0 Å². The molecule has 2 heterocycles. The number of rotatable bonds is 2. The van der Waals surface area contributed by atoms with Crippen LogP contribution in [0.15, 0.2) is 36.5 Å². The Morgan fingerprint density at radius 1 is 1.20 bits per heavy atom. The van der Waals surface area contributed by atoms with Crippen LogP contribution in [0.3, 0.4) is 0 Å². The summed E-state index contributed by atoms with van der Waals surface area (Å²) in [4.78, 5) is 15.6. The summed E-state index contributed by atoms with van der Waals surface area (Å²) < 4.78 is 1.50. The first-order valence-electron chi connectivity index (χ1n) is 6.20. The van der Waals surface area contributed by atoms with Gasteiger partial charge in [0.05, 0.1) is 5.39 Å². The van der Waals surface area contributed by atoms with E-state index in [1.807, 2.05) is 37.3 Å². The fraction of sp³-hybridized carbons (Fsp3) is 0.133. The third-order valence-corrected chi connectivity index (χ3v) is 3.29. The van der Waals surface area contributed by atoms with E-state index >= 15 is 0 Å². The molecule has 0 unspecified atom stereocenters. The van der Waals surface area contributed by atoms with Crippen LogP contribution in [0.25, 0.3) is 22.2 Å². The topological polar surface area (TPSA) is 68.0 Å². The molecule has 0 atom stereocenters. The van der Waals surface area contributed by atoms with Gasteiger partial charge >= 0.3 is 5.97 Å². The Kier molecular flexibility index (Phi) is 2.75. The van der Waals surface area contributed by atoms with Gasteiger partial charge in [0.2, 0.25) is 0 Å². The molecule has 3 rings (SSSR count). The monoisotopic (exact) mass is 267 g/mol. The number of hydrogen-bond acceptors (Lipinski definition) is 3. The van der Waals surface area contributed by atoms with Crippen molar-refractivity contribution in [2.24, 2.45) is 7.05 Å². The molecule has 100 valence electrons. The average Bonchev–Trinajstić information content (AvgIpc) is 2.78. The quantitative estimate of drug-likeness (QED) is 0.775. The Hall–Kier alpha value is -2.69. The molecule has 2 aromatic heterocycles. The van der Waals surface area contributed by atoms with Crippen LogP contribution in [0.1, 0.15) is 16.1 Å². The van der Waals surface area contributed by atoms with Gasteiger partial charge in [-0.2, -0.15) is 5.10 Å². The lowest BCUT2D eigenvalue weighted by molar-refractivity contribution is 0.0691. The average molecular weight is 267 g/mol. The van der Waals surface area contributed by atoms with Crippen molar-refractivity contribution in [1.29, 1.82) is 0 Å². The summed E-state index contributed by atoms with van der Waals surface area (Å²) in [6, 6.07) is 9.77. The zero-order valence-corrected chi connectivity index (χ0v) is 11.2. The van der Waals surface area contributed by atoms with Crippen molar-refractivity contribution in [3.8, 4) is 11.1 Å². The molecular formula is C15H13N3O2. The van der Waals surface area contributed by atoms with Crippen molar-refractivity contribution in [3.63, 3.8) is 0 Å². The molecule has 0 radical (unpaired) electrons. The maximum atomic E-state index is 11.4. The fourth-order valence-electron chi connectivity index (χ4n) is 2.30. The number of carboxylic acids is 1. The largest absolute Gasteiger partial charge is 0.476 e. The third kappa shape index (κ3) is 1.84. The Bertz CT molecular complexity index is 804. The molecule has 0 bridgehead atoms. The number of benzene rings is 1. The summed E-state index contributed by atoms with van der Waals surface area (Å²) in [5.74, 6) is -1.04. The van der Waals surface area contributed by atoms with Crippen LogP contribution in [-0.2, 0) is 7.05 Å². The fourth-order valence-corrected chi connectivity index (χ4v) is 2.30. The van der Waals surface area contributed by atoms with Crippen LogP contribution >= 0.6 is 0 Å². The summed E-state index contributed by atoms with van der Waals surface area (Å²) >= 11 is 0. The van der Waals surface area contributed by atoms with Crippen LogP contribution in [-0.4, -0.2) is 25.8 Å². The Labute approximate surface area is 115 Å². The predicted octanol–water partition coefficient (Wildman–Crippen LogP) is 2.64. The minimum atomic E-state index is -1.04. The number of aryl methyl sites for hydroxylation is 2. The number of aromatic nitrogens is 3. The highest BCUT2D eigenvalue weighted by molar-refractivity contribution is 6.06. The molecule has 0 spiro atoms. The molecule has 5 nitrogen and oxygen atoms in total. The summed E-state index contributed by atoms with van der Waals surface area (Å²) in [6.45, 7) is 2.01. The zero-order valence-electron chi connectivity index (χ0n) is 11.2. The van der Waals surface area contributed by atoms with Gasteiger partial charge in [0, 0.05) is 13.2 Å². The second-order valence-electron chi connectivity index (χ2n) is 4.70. The molecule has 0 saturated carbocycles. The molecule has 5 heteroatoms. The summed E-state index contributed by atoms with van der Waals surface area (Å²) in [7, 11) is 1.70. The highest BCUT2D eigenvalue weighted by Crippen LogP contribution is 2.29. The van der Waals surface area contributed by atoms with E-state index in [1.165, 1.54) is 4.68 Å². The van der Waals surface area contributed by atoms with Gasteiger partial charge in [0.25, 0.3) is 0 Å². The molecule has 0 amide bonds. The van der Waals surface area contributed by atoms with Gasteiger partial charge in [-0.15, -0.1) is 0 Å². The van der Waals surface area contributed by atoms with Gasteiger partial charge in [0.1, 0.15) is 0 Å². The van der Waals surface area contributed by atoms with E-state index in [1.54, 1.807) is 13.2 Å². The van der Waals surface area contributed by atoms with Crippen LogP contribution in [0, 0.1) is 6.92 Å². The Balaban J connectivity index is 2.35. The van der Waals surface area contributed by atoms with E-state index in [-0.39, 0.29) is 5.69 Å². The van der Waals surface area contributed by atoms with E-state index in [2.05, 4.69) is 10.1 Å². The zero-order chi connectivity index (χ0) is 14.3.